The summed E-state index contributed by atoms with van der Waals surface area (Å²) in [5.74, 6) is 4.35. The summed E-state index contributed by atoms with van der Waals surface area (Å²) < 4.78 is 40.5. The monoisotopic (exact) mass is 406 g/mol. The van der Waals surface area contributed by atoms with Crippen LogP contribution < -0.4 is 0 Å². The van der Waals surface area contributed by atoms with Gasteiger partial charge in [-0.05, 0) is 77.8 Å². The standard InChI is InChI=1S/C27H25F3/c1-2-4-18-7-9-19(10-8-18)11-12-20-5-3-6-22-15-21(13-14-24(20)22)23-16-25(28)27(30)26(29)17-23/h3,5-6,13-19H,2,4,7-10H2,1H3. The zero-order valence-electron chi connectivity index (χ0n) is 17.2. The van der Waals surface area contributed by atoms with E-state index in [0.717, 1.165) is 34.4 Å². The van der Waals surface area contributed by atoms with Gasteiger partial charge in [0.15, 0.2) is 17.5 Å². The Morgan fingerprint density at radius 3 is 2.30 bits per heavy atom. The fraction of sp³-hybridized carbons (Fsp3) is 0.333. The van der Waals surface area contributed by atoms with Gasteiger partial charge in [-0.3, -0.25) is 0 Å². The zero-order valence-corrected chi connectivity index (χ0v) is 17.2. The lowest BCUT2D eigenvalue weighted by atomic mass is 9.80. The third-order valence-corrected chi connectivity index (χ3v) is 6.15. The molecule has 0 heterocycles. The highest BCUT2D eigenvalue weighted by molar-refractivity contribution is 5.91. The van der Waals surface area contributed by atoms with Crippen molar-refractivity contribution in [1.82, 2.24) is 0 Å². The second kappa shape index (κ2) is 8.96. The van der Waals surface area contributed by atoms with Crippen LogP contribution in [0.2, 0.25) is 0 Å². The molecule has 0 atom stereocenters. The minimum Gasteiger partial charge on any atom is -0.204 e. The average molecular weight is 406 g/mol. The number of benzene rings is 3. The molecule has 1 saturated carbocycles. The van der Waals surface area contributed by atoms with Crippen LogP contribution in [-0.2, 0) is 0 Å². The van der Waals surface area contributed by atoms with Crippen molar-refractivity contribution < 1.29 is 13.2 Å². The van der Waals surface area contributed by atoms with Gasteiger partial charge in [0.1, 0.15) is 0 Å². The van der Waals surface area contributed by atoms with Crippen LogP contribution >= 0.6 is 0 Å². The van der Waals surface area contributed by atoms with Crippen LogP contribution in [0.4, 0.5) is 13.2 Å². The molecule has 0 aromatic heterocycles. The van der Waals surface area contributed by atoms with Gasteiger partial charge in [0.25, 0.3) is 0 Å². The maximum atomic E-state index is 13.6. The Labute approximate surface area is 176 Å². The summed E-state index contributed by atoms with van der Waals surface area (Å²) in [7, 11) is 0. The van der Waals surface area contributed by atoms with Crippen LogP contribution in [-0.4, -0.2) is 0 Å². The molecule has 4 rings (SSSR count). The maximum Gasteiger partial charge on any atom is 0.194 e. The van der Waals surface area contributed by atoms with Crippen molar-refractivity contribution >= 4 is 10.8 Å². The van der Waals surface area contributed by atoms with Crippen molar-refractivity contribution in [1.29, 1.82) is 0 Å². The molecule has 154 valence electrons. The molecule has 0 spiro atoms. The van der Waals surface area contributed by atoms with Crippen molar-refractivity contribution in [3.8, 4) is 23.0 Å². The predicted octanol–water partition coefficient (Wildman–Crippen LogP) is 7.88. The summed E-state index contributed by atoms with van der Waals surface area (Å²) >= 11 is 0. The number of hydrogen-bond acceptors (Lipinski definition) is 0. The molecule has 1 aliphatic rings. The van der Waals surface area contributed by atoms with E-state index >= 15 is 0 Å². The molecule has 0 amide bonds. The van der Waals surface area contributed by atoms with Crippen molar-refractivity contribution in [3.05, 3.63) is 71.5 Å². The van der Waals surface area contributed by atoms with E-state index in [0.29, 0.717) is 17.0 Å². The normalized spacial score (nSPS) is 18.8. The van der Waals surface area contributed by atoms with E-state index in [1.54, 1.807) is 6.07 Å². The molecule has 0 radical (unpaired) electrons. The van der Waals surface area contributed by atoms with Gasteiger partial charge >= 0.3 is 0 Å². The molecule has 30 heavy (non-hydrogen) atoms. The van der Waals surface area contributed by atoms with Crippen LogP contribution in [0.15, 0.2) is 48.5 Å². The molecule has 0 aliphatic heterocycles. The first-order valence-corrected chi connectivity index (χ1v) is 10.7. The summed E-state index contributed by atoms with van der Waals surface area (Å²) in [5, 5.41) is 1.95. The largest absolute Gasteiger partial charge is 0.204 e. The Bertz CT molecular complexity index is 1090. The molecule has 1 aliphatic carbocycles. The number of halogens is 3. The third-order valence-electron chi connectivity index (χ3n) is 6.15. The van der Waals surface area contributed by atoms with Gasteiger partial charge in [-0.25, -0.2) is 13.2 Å². The molecular formula is C27H25F3. The Kier molecular flexibility index (Phi) is 6.13. The van der Waals surface area contributed by atoms with Gasteiger partial charge in [0.05, 0.1) is 0 Å². The molecule has 3 aromatic carbocycles. The molecule has 0 saturated heterocycles. The fourth-order valence-electron chi connectivity index (χ4n) is 4.48. The lowest BCUT2D eigenvalue weighted by Gasteiger charge is -2.25. The van der Waals surface area contributed by atoms with Gasteiger partial charge in [0.2, 0.25) is 0 Å². The SMILES string of the molecule is CCCC1CCC(C#Cc2cccc3cc(-c4cc(F)c(F)c(F)c4)ccc23)CC1. The van der Waals surface area contributed by atoms with E-state index in [-0.39, 0.29) is 0 Å². The second-order valence-electron chi connectivity index (χ2n) is 8.27. The molecule has 0 bridgehead atoms. The molecule has 0 unspecified atom stereocenters. The number of rotatable bonds is 3. The quantitative estimate of drug-likeness (QED) is 0.306. The topological polar surface area (TPSA) is 0 Å². The van der Waals surface area contributed by atoms with Crippen molar-refractivity contribution in [2.45, 2.75) is 45.4 Å². The van der Waals surface area contributed by atoms with Gasteiger partial charge in [0, 0.05) is 11.5 Å². The van der Waals surface area contributed by atoms with E-state index in [2.05, 4.69) is 18.8 Å². The molecular weight excluding hydrogens is 381 g/mol. The average Bonchev–Trinajstić information content (AvgIpc) is 2.76. The molecule has 1 fully saturated rings. The Morgan fingerprint density at radius 2 is 1.60 bits per heavy atom. The first kappa shape index (κ1) is 20.5. The van der Waals surface area contributed by atoms with E-state index in [1.165, 1.54) is 38.5 Å². The third kappa shape index (κ3) is 4.38. The smallest absolute Gasteiger partial charge is 0.194 e. The zero-order chi connectivity index (χ0) is 21.1. The van der Waals surface area contributed by atoms with E-state index in [1.807, 2.05) is 30.3 Å². The van der Waals surface area contributed by atoms with Crippen molar-refractivity contribution in [2.24, 2.45) is 11.8 Å². The summed E-state index contributed by atoms with van der Waals surface area (Å²) in [6.07, 6.45) is 7.49. The van der Waals surface area contributed by atoms with Crippen LogP contribution in [0.5, 0.6) is 0 Å². The van der Waals surface area contributed by atoms with Gasteiger partial charge in [-0.1, -0.05) is 55.9 Å². The molecule has 0 N–H and O–H groups in total. The summed E-state index contributed by atoms with van der Waals surface area (Å²) in [6.45, 7) is 2.25. The summed E-state index contributed by atoms with van der Waals surface area (Å²) in [6, 6.07) is 13.5. The van der Waals surface area contributed by atoms with Gasteiger partial charge < -0.3 is 0 Å². The van der Waals surface area contributed by atoms with Crippen LogP contribution in [0.1, 0.15) is 51.0 Å². The lowest BCUT2D eigenvalue weighted by molar-refractivity contribution is 0.300. The maximum absolute atomic E-state index is 13.6. The Hall–Kier alpha value is -2.73. The van der Waals surface area contributed by atoms with Crippen LogP contribution in [0.25, 0.3) is 21.9 Å². The van der Waals surface area contributed by atoms with Crippen molar-refractivity contribution in [2.75, 3.05) is 0 Å². The van der Waals surface area contributed by atoms with E-state index < -0.39 is 17.5 Å². The highest BCUT2D eigenvalue weighted by Gasteiger charge is 2.19. The highest BCUT2D eigenvalue weighted by Crippen LogP contribution is 2.32. The highest BCUT2D eigenvalue weighted by atomic mass is 19.2. The summed E-state index contributed by atoms with van der Waals surface area (Å²) in [4.78, 5) is 0. The first-order valence-electron chi connectivity index (χ1n) is 10.7. The van der Waals surface area contributed by atoms with Gasteiger partial charge in [-0.15, -0.1) is 0 Å². The first-order chi connectivity index (χ1) is 14.5. The van der Waals surface area contributed by atoms with Crippen LogP contribution in [0, 0.1) is 41.1 Å². The number of fused-ring (bicyclic) bond motifs is 1. The molecule has 0 nitrogen and oxygen atoms in total. The number of hydrogen-bond donors (Lipinski definition) is 0. The Balaban J connectivity index is 1.59. The molecule has 3 aromatic rings. The summed E-state index contributed by atoms with van der Waals surface area (Å²) in [5.41, 5.74) is 1.92. The molecule has 3 heteroatoms. The second-order valence-corrected chi connectivity index (χ2v) is 8.27. The van der Waals surface area contributed by atoms with Gasteiger partial charge in [-0.2, -0.15) is 0 Å². The van der Waals surface area contributed by atoms with Crippen LogP contribution in [0.3, 0.4) is 0 Å². The van der Waals surface area contributed by atoms with E-state index in [9.17, 15) is 13.2 Å². The Morgan fingerprint density at radius 1 is 0.867 bits per heavy atom. The fourth-order valence-corrected chi connectivity index (χ4v) is 4.48. The minimum atomic E-state index is -1.44. The van der Waals surface area contributed by atoms with E-state index in [4.69, 9.17) is 0 Å². The van der Waals surface area contributed by atoms with Crippen molar-refractivity contribution in [3.63, 3.8) is 0 Å². The lowest BCUT2D eigenvalue weighted by Crippen LogP contribution is -2.13. The predicted molar refractivity (Wildman–Crippen MR) is 116 cm³/mol. The minimum absolute atomic E-state index is 0.314.